The first kappa shape index (κ1) is 128. The number of carbonyl (C=O) groups excluding carboxylic acids is 6. The van der Waals surface area contributed by atoms with Crippen molar-refractivity contribution in [3.63, 3.8) is 0 Å². The minimum Gasteiger partial charge on any atom is -0.462 e. The van der Waals surface area contributed by atoms with Crippen molar-refractivity contribution in [2.24, 2.45) is 88.8 Å². The molecule has 22 N–H and O–H groups in total. The van der Waals surface area contributed by atoms with Gasteiger partial charge in [0.1, 0.15) is 103 Å². The Morgan fingerprint density at radius 2 is 0.545 bits per heavy atom. The van der Waals surface area contributed by atoms with E-state index in [1.165, 1.54) is 55.4 Å². The van der Waals surface area contributed by atoms with Gasteiger partial charge >= 0.3 is 17.9 Å². The second-order valence-electron chi connectivity index (χ2n) is 45.4. The van der Waals surface area contributed by atoms with E-state index < -0.39 is 368 Å². The van der Waals surface area contributed by atoms with E-state index in [1.807, 2.05) is 0 Å². The molecule has 43 nitrogen and oxygen atoms in total. The third-order valence-corrected chi connectivity index (χ3v) is 32.5. The van der Waals surface area contributed by atoms with Gasteiger partial charge in [-0.3, -0.25) is 28.8 Å². The van der Waals surface area contributed by atoms with E-state index >= 15 is 0 Å². The first-order valence-electron chi connectivity index (χ1n) is 52.0. The Morgan fingerprint density at radius 1 is 0.276 bits per heavy atom. The molecule has 9 rings (SSSR count). The van der Waals surface area contributed by atoms with Crippen molar-refractivity contribution in [2.75, 3.05) is 13.2 Å². The van der Waals surface area contributed by atoms with Crippen LogP contribution < -0.4 is 0 Å². The van der Waals surface area contributed by atoms with Gasteiger partial charge in [0, 0.05) is 96.7 Å². The highest BCUT2D eigenvalue weighted by Crippen LogP contribution is 2.47. The molecule has 56 atom stereocenters. The summed E-state index contributed by atoms with van der Waals surface area (Å²) in [6.07, 6.45) is -44.0. The van der Waals surface area contributed by atoms with Crippen molar-refractivity contribution in [3.05, 3.63) is 0 Å². The van der Waals surface area contributed by atoms with Gasteiger partial charge in [-0.2, -0.15) is 0 Å². The Hall–Kier alpha value is -3.94. The third-order valence-electron chi connectivity index (χ3n) is 32.5. The van der Waals surface area contributed by atoms with Gasteiger partial charge in [-0.25, -0.2) is 0 Å². The molecule has 0 aromatic rings. The molecule has 0 aromatic heterocycles. The Labute approximate surface area is 852 Å². The summed E-state index contributed by atoms with van der Waals surface area (Å²) in [7, 11) is 0. The summed E-state index contributed by atoms with van der Waals surface area (Å²) < 4.78 is 90.7. The monoisotopic (exact) mass is 2090 g/mol. The molecular formula is C102H180O43. The average molecular weight is 2090 g/mol. The number of ketones is 3. The van der Waals surface area contributed by atoms with E-state index in [4.69, 9.17) is 71.1 Å². The molecule has 9 saturated heterocycles. The van der Waals surface area contributed by atoms with Gasteiger partial charge in [-0.05, 0) is 129 Å². The molecule has 9 aliphatic rings. The summed E-state index contributed by atoms with van der Waals surface area (Å²) >= 11 is 0. The quantitative estimate of drug-likeness (QED) is 0.0684. The van der Waals surface area contributed by atoms with Crippen molar-refractivity contribution < 1.29 is 212 Å². The highest BCUT2D eigenvalue weighted by Gasteiger charge is 2.59. The van der Waals surface area contributed by atoms with E-state index in [1.54, 1.807) is 138 Å². The molecule has 15 unspecified atom stereocenters. The summed E-state index contributed by atoms with van der Waals surface area (Å²) in [5.41, 5.74) is -10.5. The number of rotatable bonds is 17. The van der Waals surface area contributed by atoms with Crippen molar-refractivity contribution >= 4 is 35.3 Å². The lowest BCUT2D eigenvalue weighted by molar-refractivity contribution is -0.337. The molecule has 0 amide bonds. The number of esters is 3. The number of hydrogen-bond acceptors (Lipinski definition) is 43. The third kappa shape index (κ3) is 30.5. The molecule has 0 aromatic carbocycles. The predicted molar refractivity (Wildman–Crippen MR) is 511 cm³/mol. The molecule has 0 aliphatic carbocycles. The lowest BCUT2D eigenvalue weighted by atomic mass is 9.74. The Balaban J connectivity index is 0.000000295. The Bertz CT molecular complexity index is 3900. The largest absolute Gasteiger partial charge is 0.462 e. The summed E-state index contributed by atoms with van der Waals surface area (Å²) in [6, 6.07) is 0. The smallest absolute Gasteiger partial charge is 0.311 e. The fraction of sp³-hybridized carbons (Fsp3) is 0.941. The second kappa shape index (κ2) is 52.5. The average Bonchev–Trinajstić information content (AvgIpc) is 0.768. The SMILES string of the molecule is CC[C@H]1OC(=O)[C@H](C)[C@@H](O[C@H]2CC(C)(O)[C@@H](O)C(C)O2)[C@H](C)[C@@H](O[C@@H]2OC(C)[C@@H](O)C(O)C2O)[C@](C)(O)C[C@@H](C)C(=O)[C@H](C)[C@@H](O)[C@H]1C.CC[C@H]1OC(=O)[C@H](C)[C@@H](O[C@H]2CC(C)(O)[C@@H](O)C(C)O2)[C@H](C)[C@@H](O[C@@H]2OC(CO)CC(O)C2O)[C@](C)(O)C[C@@H](C)C(=O)[C@H](C)[C@@H](O)[C@H]1C.CC[C@H]1OC(=O)[C@H](C)[C@@H](O[C@H]2CC(C)(O)[C@@H](O)C(C)O2)[C@H](C)[C@@H](O[C@@H]2OC(CO)[C@H](O)C(O)C2O)[C@](C)(O)C[C@@H](C)C(=O)[C@H](C)[C@@H](O)[C@H]1C. The van der Waals surface area contributed by atoms with Crippen LogP contribution in [0.3, 0.4) is 0 Å². The topological polar surface area (TPSA) is 686 Å². The van der Waals surface area contributed by atoms with E-state index in [0.717, 1.165) is 0 Å². The first-order chi connectivity index (χ1) is 66.8. The van der Waals surface area contributed by atoms with Crippen LogP contribution in [0.25, 0.3) is 0 Å². The van der Waals surface area contributed by atoms with E-state index in [-0.39, 0.29) is 62.3 Å². The van der Waals surface area contributed by atoms with Gasteiger partial charge in [0.25, 0.3) is 0 Å². The number of ether oxygens (including phenoxy) is 15. The van der Waals surface area contributed by atoms with Crippen molar-refractivity contribution in [2.45, 2.75) is 506 Å². The molecule has 9 heterocycles. The summed E-state index contributed by atoms with van der Waals surface area (Å²) in [4.78, 5) is 82.5. The predicted octanol–water partition coefficient (Wildman–Crippen LogP) is 0.228. The number of aliphatic hydroxyl groups is 22. The van der Waals surface area contributed by atoms with Crippen LogP contribution in [0.15, 0.2) is 0 Å². The lowest BCUT2D eigenvalue weighted by Crippen LogP contribution is -2.62. The number of cyclic esters (lactones) is 3. The molecule has 9 fully saturated rings. The van der Waals surface area contributed by atoms with Crippen LogP contribution in [-0.4, -0.2) is 409 Å². The molecule has 0 radical (unpaired) electrons. The van der Waals surface area contributed by atoms with Crippen LogP contribution in [0, 0.1) is 88.8 Å². The van der Waals surface area contributed by atoms with Gasteiger partial charge in [-0.15, -0.1) is 0 Å². The highest BCUT2D eigenvalue weighted by molar-refractivity contribution is 5.85. The Kier molecular flexibility index (Phi) is 46.4. The molecule has 846 valence electrons. The first-order valence-corrected chi connectivity index (χ1v) is 52.0. The standard InChI is InChI=1S/C34H60O15.2C34H60O14/c1-10-20-15(3)24(37)16(4)23(36)14(2)11-34(9,44)30(49-32-27(40)26(39)25(38)21(13-35)47-32)17(5)28(18(6)31(42)46-20)48-22-12-33(8,43)29(41)19(7)45-22;1-11-21-15(3)24(36)16(4)23(35)14(2)12-34(10,43)30(48-32-27(39)26(38)25(37)19(7)45-32)17(5)28(18(6)31(41)46-21)47-22-13-33(9,42)29(40)20(8)44-22;1-10-23-16(3)26(38)17(4)25(37)15(2)12-34(9,43)30(48-32-27(39)22(36)11-21(14-35)45-32)18(5)28(19(6)31(41)46-23)47-24-13-33(8,42)29(40)20(7)44-24/h14-22,24-30,32,35,37-41,43-44H,10-13H2,1-9H3;14-22,24-30,32,36-40,42-43H,11-13H2,1-10H3;15-24,26-30,32,35-36,38-40,42-43H,10-14H2,1-9H3/t14-,15+,16+,17+,18-,19?,20-,21?,22+,24+,25+,26?,27?,28+,29+,30-,32+,33?,34-;14-,15+,16+,17+,18-,19?,20?,21-,22+,24+,25-,26?,27?,28+,29+,30-,32+,33?,34-;15-,16+,17+,18+,19-,20?,21?,22?,23-,24+,26+,27?,28+,29+,30-,32+,33?,34-/m111/s1. The Morgan fingerprint density at radius 3 is 0.807 bits per heavy atom. The van der Waals surface area contributed by atoms with Gasteiger partial charge < -0.3 is 183 Å². The molecule has 0 saturated carbocycles. The molecule has 0 spiro atoms. The van der Waals surface area contributed by atoms with Gasteiger partial charge in [0.15, 0.2) is 37.7 Å². The number of carbonyl (C=O) groups is 6. The molecule has 43 heteroatoms. The zero-order chi connectivity index (χ0) is 110. The normalized spacial score (nSPS) is 51.2. The zero-order valence-electron chi connectivity index (χ0n) is 89.8. The fourth-order valence-electron chi connectivity index (χ4n) is 23.0. The van der Waals surface area contributed by atoms with Crippen LogP contribution in [0.4, 0.5) is 0 Å². The molecular weight excluding hydrogens is 1910 g/mol. The van der Waals surface area contributed by atoms with Crippen LogP contribution >= 0.6 is 0 Å². The lowest BCUT2D eigenvalue weighted by Gasteiger charge is -2.48. The van der Waals surface area contributed by atoms with Gasteiger partial charge in [0.2, 0.25) is 0 Å². The van der Waals surface area contributed by atoms with E-state index in [9.17, 15) is 141 Å². The van der Waals surface area contributed by atoms with Crippen molar-refractivity contribution in [1.82, 2.24) is 0 Å². The van der Waals surface area contributed by atoms with Crippen LogP contribution in [0.5, 0.6) is 0 Å². The zero-order valence-corrected chi connectivity index (χ0v) is 89.8. The van der Waals surface area contributed by atoms with Crippen molar-refractivity contribution in [1.29, 1.82) is 0 Å². The second-order valence-corrected chi connectivity index (χ2v) is 45.4. The molecule has 145 heavy (non-hydrogen) atoms. The van der Waals surface area contributed by atoms with Gasteiger partial charge in [0.05, 0.1) is 156 Å². The minimum absolute atomic E-state index is 0.0610. The molecule has 0 bridgehead atoms. The van der Waals surface area contributed by atoms with Crippen molar-refractivity contribution in [3.8, 4) is 0 Å². The summed E-state index contributed by atoms with van der Waals surface area (Å²) in [6.45, 7) is 43.2. The number of Topliss-reactive ketones (excluding diaryl/α,β-unsaturated/α-hetero) is 3. The van der Waals surface area contributed by atoms with Crippen LogP contribution in [0.1, 0.15) is 258 Å². The summed E-state index contributed by atoms with van der Waals surface area (Å²) in [5.74, 6) is -16.1. The molecule has 9 aliphatic heterocycles. The highest BCUT2D eigenvalue weighted by atomic mass is 16.7. The fourth-order valence-corrected chi connectivity index (χ4v) is 23.0. The maximum absolute atomic E-state index is 13.9. The maximum Gasteiger partial charge on any atom is 0.311 e. The minimum atomic E-state index is -1.94. The van der Waals surface area contributed by atoms with Crippen LogP contribution in [0.2, 0.25) is 0 Å². The summed E-state index contributed by atoms with van der Waals surface area (Å²) in [5, 5.41) is 239. The maximum atomic E-state index is 13.9. The van der Waals surface area contributed by atoms with E-state index in [2.05, 4.69) is 0 Å². The van der Waals surface area contributed by atoms with Crippen LogP contribution in [-0.2, 0) is 99.8 Å². The van der Waals surface area contributed by atoms with Gasteiger partial charge in [-0.1, -0.05) is 104 Å². The number of aliphatic hydroxyl groups excluding tert-OH is 16. The van der Waals surface area contributed by atoms with E-state index in [0.29, 0.717) is 19.3 Å². The number of hydrogen-bond donors (Lipinski definition) is 22.